The molecule has 1 saturated carbocycles. The first-order valence-electron chi connectivity index (χ1n) is 6.35. The summed E-state index contributed by atoms with van der Waals surface area (Å²) in [6.07, 6.45) is 5.45. The van der Waals surface area contributed by atoms with Crippen LogP contribution in [0, 0.1) is 5.82 Å². The molecule has 0 saturated heterocycles. The molecule has 1 aromatic rings. The Kier molecular flexibility index (Phi) is 4.18. The average Bonchev–Trinajstić information content (AvgIpc) is 2.40. The summed E-state index contributed by atoms with van der Waals surface area (Å²) in [6, 6.07) is 4.38. The van der Waals surface area contributed by atoms with Gasteiger partial charge in [0.05, 0.1) is 12.7 Å². The number of hydrogen-bond donors (Lipinski definition) is 1. The molecule has 0 aliphatic heterocycles. The lowest BCUT2D eigenvalue weighted by Gasteiger charge is -2.22. The van der Waals surface area contributed by atoms with Crippen LogP contribution in [0.5, 0.6) is 5.75 Å². The molecular formula is C14H18FNO2. The molecule has 0 spiro atoms. The van der Waals surface area contributed by atoms with Crippen molar-refractivity contribution in [2.24, 2.45) is 0 Å². The molecule has 1 N–H and O–H groups in total. The van der Waals surface area contributed by atoms with Crippen molar-refractivity contribution in [3.8, 4) is 5.75 Å². The molecule has 2 rings (SSSR count). The lowest BCUT2D eigenvalue weighted by molar-refractivity contribution is 0.0923. The van der Waals surface area contributed by atoms with Crippen molar-refractivity contribution < 1.29 is 13.9 Å². The first-order valence-corrected chi connectivity index (χ1v) is 6.35. The minimum atomic E-state index is -0.510. The van der Waals surface area contributed by atoms with Crippen LogP contribution in [0.25, 0.3) is 0 Å². The summed E-state index contributed by atoms with van der Waals surface area (Å²) in [5.74, 6) is -0.368. The van der Waals surface area contributed by atoms with Gasteiger partial charge in [-0.15, -0.1) is 0 Å². The predicted molar refractivity (Wildman–Crippen MR) is 67.3 cm³/mol. The summed E-state index contributed by atoms with van der Waals surface area (Å²) >= 11 is 0. The zero-order valence-corrected chi connectivity index (χ0v) is 10.5. The number of ether oxygens (including phenoxy) is 1. The molecule has 0 heterocycles. The van der Waals surface area contributed by atoms with E-state index in [1.165, 1.54) is 31.7 Å². The van der Waals surface area contributed by atoms with Crippen molar-refractivity contribution in [1.29, 1.82) is 0 Å². The maximum absolute atomic E-state index is 13.6. The number of carbonyl (C=O) groups is 1. The van der Waals surface area contributed by atoms with Crippen LogP contribution in [0.1, 0.15) is 42.5 Å². The van der Waals surface area contributed by atoms with E-state index in [-0.39, 0.29) is 17.5 Å². The van der Waals surface area contributed by atoms with E-state index in [0.29, 0.717) is 5.75 Å². The first-order chi connectivity index (χ1) is 8.70. The predicted octanol–water partition coefficient (Wildman–Crippen LogP) is 2.90. The Morgan fingerprint density at radius 1 is 1.33 bits per heavy atom. The fraction of sp³-hybridized carbons (Fsp3) is 0.500. The van der Waals surface area contributed by atoms with E-state index < -0.39 is 5.82 Å². The summed E-state index contributed by atoms with van der Waals surface area (Å²) < 4.78 is 18.6. The molecule has 0 atom stereocenters. The van der Waals surface area contributed by atoms with E-state index >= 15 is 0 Å². The van der Waals surface area contributed by atoms with Crippen LogP contribution in [0.4, 0.5) is 4.39 Å². The van der Waals surface area contributed by atoms with Crippen LogP contribution in [0.2, 0.25) is 0 Å². The summed E-state index contributed by atoms with van der Waals surface area (Å²) in [6.45, 7) is 0. The third kappa shape index (κ3) is 3.00. The molecule has 3 nitrogen and oxygen atoms in total. The van der Waals surface area contributed by atoms with Crippen molar-refractivity contribution in [2.45, 2.75) is 38.1 Å². The maximum Gasteiger partial charge on any atom is 0.254 e. The van der Waals surface area contributed by atoms with E-state index in [9.17, 15) is 9.18 Å². The normalized spacial score (nSPS) is 16.3. The third-order valence-electron chi connectivity index (χ3n) is 3.36. The van der Waals surface area contributed by atoms with E-state index in [1.54, 1.807) is 0 Å². The fourth-order valence-electron chi connectivity index (χ4n) is 2.32. The smallest absolute Gasteiger partial charge is 0.254 e. The number of benzene rings is 1. The van der Waals surface area contributed by atoms with Crippen LogP contribution < -0.4 is 10.1 Å². The molecule has 1 aliphatic rings. The number of hydrogen-bond acceptors (Lipinski definition) is 2. The summed E-state index contributed by atoms with van der Waals surface area (Å²) in [4.78, 5) is 12.0. The van der Waals surface area contributed by atoms with Gasteiger partial charge in [0.25, 0.3) is 5.91 Å². The number of halogens is 1. The van der Waals surface area contributed by atoms with Gasteiger partial charge in [0.1, 0.15) is 11.6 Å². The SMILES string of the molecule is COc1ccc(F)c(C(=O)NC2CCCCC2)c1. The molecule has 0 radical (unpaired) electrons. The second-order valence-corrected chi connectivity index (χ2v) is 4.65. The molecule has 4 heteroatoms. The molecule has 0 bridgehead atoms. The Balaban J connectivity index is 2.07. The highest BCUT2D eigenvalue weighted by molar-refractivity contribution is 5.95. The zero-order valence-electron chi connectivity index (χ0n) is 10.5. The van der Waals surface area contributed by atoms with Crippen molar-refractivity contribution in [1.82, 2.24) is 5.32 Å². The Labute approximate surface area is 106 Å². The average molecular weight is 251 g/mol. The van der Waals surface area contributed by atoms with Gasteiger partial charge in [-0.25, -0.2) is 4.39 Å². The lowest BCUT2D eigenvalue weighted by Crippen LogP contribution is -2.36. The van der Waals surface area contributed by atoms with Gasteiger partial charge in [0.15, 0.2) is 0 Å². The zero-order chi connectivity index (χ0) is 13.0. The largest absolute Gasteiger partial charge is 0.497 e. The Bertz CT molecular complexity index is 428. The number of methoxy groups -OCH3 is 1. The molecule has 1 aromatic carbocycles. The number of carbonyl (C=O) groups excluding carboxylic acids is 1. The fourth-order valence-corrected chi connectivity index (χ4v) is 2.32. The Morgan fingerprint density at radius 2 is 2.06 bits per heavy atom. The number of amides is 1. The Hall–Kier alpha value is -1.58. The molecule has 0 aromatic heterocycles. The van der Waals surface area contributed by atoms with Gasteiger partial charge in [0, 0.05) is 6.04 Å². The Morgan fingerprint density at radius 3 is 2.72 bits per heavy atom. The quantitative estimate of drug-likeness (QED) is 0.897. The van der Waals surface area contributed by atoms with Crippen LogP contribution in [0.3, 0.4) is 0 Å². The number of rotatable bonds is 3. The highest BCUT2D eigenvalue weighted by atomic mass is 19.1. The molecular weight excluding hydrogens is 233 g/mol. The standard InChI is InChI=1S/C14H18FNO2/c1-18-11-7-8-13(15)12(9-11)14(17)16-10-5-3-2-4-6-10/h7-10H,2-6H2,1H3,(H,16,17). The van der Waals surface area contributed by atoms with Crippen molar-refractivity contribution in [3.63, 3.8) is 0 Å². The van der Waals surface area contributed by atoms with Crippen LogP contribution >= 0.6 is 0 Å². The molecule has 1 fully saturated rings. The van der Waals surface area contributed by atoms with E-state index in [2.05, 4.69) is 5.32 Å². The monoisotopic (exact) mass is 251 g/mol. The third-order valence-corrected chi connectivity index (χ3v) is 3.36. The van der Waals surface area contributed by atoms with Crippen molar-refractivity contribution in [2.75, 3.05) is 7.11 Å². The summed E-state index contributed by atoms with van der Waals surface area (Å²) in [7, 11) is 1.50. The summed E-state index contributed by atoms with van der Waals surface area (Å²) in [5, 5.41) is 2.89. The van der Waals surface area contributed by atoms with Gasteiger partial charge >= 0.3 is 0 Å². The van der Waals surface area contributed by atoms with Gasteiger partial charge in [0.2, 0.25) is 0 Å². The van der Waals surface area contributed by atoms with Gasteiger partial charge in [-0.2, -0.15) is 0 Å². The van der Waals surface area contributed by atoms with Gasteiger partial charge in [-0.1, -0.05) is 19.3 Å². The molecule has 1 aliphatic carbocycles. The van der Waals surface area contributed by atoms with E-state index in [1.807, 2.05) is 0 Å². The second-order valence-electron chi connectivity index (χ2n) is 4.65. The number of nitrogens with one attached hydrogen (secondary N) is 1. The van der Waals surface area contributed by atoms with Gasteiger partial charge in [-0.3, -0.25) is 4.79 Å². The maximum atomic E-state index is 13.6. The van der Waals surface area contributed by atoms with Crippen LogP contribution in [-0.2, 0) is 0 Å². The van der Waals surface area contributed by atoms with Crippen LogP contribution in [-0.4, -0.2) is 19.1 Å². The second kappa shape index (κ2) is 5.85. The first kappa shape index (κ1) is 12.9. The van der Waals surface area contributed by atoms with Crippen molar-refractivity contribution in [3.05, 3.63) is 29.6 Å². The van der Waals surface area contributed by atoms with E-state index in [0.717, 1.165) is 25.7 Å². The molecule has 0 unspecified atom stereocenters. The van der Waals surface area contributed by atoms with Gasteiger partial charge in [-0.05, 0) is 31.0 Å². The highest BCUT2D eigenvalue weighted by Gasteiger charge is 2.19. The minimum Gasteiger partial charge on any atom is -0.497 e. The minimum absolute atomic E-state index is 0.0555. The van der Waals surface area contributed by atoms with Crippen molar-refractivity contribution >= 4 is 5.91 Å². The molecule has 18 heavy (non-hydrogen) atoms. The van der Waals surface area contributed by atoms with Gasteiger partial charge < -0.3 is 10.1 Å². The van der Waals surface area contributed by atoms with Crippen LogP contribution in [0.15, 0.2) is 18.2 Å². The van der Waals surface area contributed by atoms with E-state index in [4.69, 9.17) is 4.74 Å². The molecule has 1 amide bonds. The topological polar surface area (TPSA) is 38.3 Å². The summed E-state index contributed by atoms with van der Waals surface area (Å²) in [5.41, 5.74) is 0.0555. The molecule has 98 valence electrons. The lowest BCUT2D eigenvalue weighted by atomic mass is 9.95. The highest BCUT2D eigenvalue weighted by Crippen LogP contribution is 2.20.